The molecule has 2 atom stereocenters. The summed E-state index contributed by atoms with van der Waals surface area (Å²) in [6.07, 6.45) is 5.32. The summed E-state index contributed by atoms with van der Waals surface area (Å²) in [6.45, 7) is 7.08. The van der Waals surface area contributed by atoms with Crippen LogP contribution >= 0.6 is 0 Å². The monoisotopic (exact) mass is 276 g/mol. The summed E-state index contributed by atoms with van der Waals surface area (Å²) < 4.78 is 13.2. The lowest BCUT2D eigenvalue weighted by molar-refractivity contribution is 0.194. The fourth-order valence-corrected chi connectivity index (χ4v) is 3.73. The number of likely N-dealkylation sites (tertiary alicyclic amines) is 1. The maximum absolute atomic E-state index is 13.2. The van der Waals surface area contributed by atoms with E-state index in [2.05, 4.69) is 17.1 Å². The lowest BCUT2D eigenvalue weighted by Crippen LogP contribution is -2.34. The van der Waals surface area contributed by atoms with Crippen molar-refractivity contribution in [2.45, 2.75) is 38.5 Å². The van der Waals surface area contributed by atoms with E-state index in [-0.39, 0.29) is 5.82 Å². The summed E-state index contributed by atoms with van der Waals surface area (Å²) in [7, 11) is 0. The van der Waals surface area contributed by atoms with Gasteiger partial charge in [0, 0.05) is 24.7 Å². The number of piperidine rings is 1. The van der Waals surface area contributed by atoms with Gasteiger partial charge in [0.05, 0.1) is 0 Å². The molecule has 0 aromatic heterocycles. The van der Waals surface area contributed by atoms with Crippen LogP contribution in [0.15, 0.2) is 18.2 Å². The molecular weight excluding hydrogens is 251 g/mol. The average Bonchev–Trinajstić information content (AvgIpc) is 2.82. The molecule has 1 aromatic rings. The van der Waals surface area contributed by atoms with Crippen molar-refractivity contribution in [2.75, 3.05) is 31.5 Å². The van der Waals surface area contributed by atoms with E-state index in [1.165, 1.54) is 50.9 Å². The molecule has 110 valence electrons. The Morgan fingerprint density at radius 2 is 2.10 bits per heavy atom. The Hall–Kier alpha value is -1.09. The smallest absolute Gasteiger partial charge is 0.125 e. The van der Waals surface area contributed by atoms with Gasteiger partial charge in [-0.1, -0.05) is 19.4 Å². The van der Waals surface area contributed by atoms with Gasteiger partial charge in [-0.05, 0) is 56.0 Å². The molecule has 0 radical (unpaired) electrons. The largest absolute Gasteiger partial charge is 0.384 e. The Morgan fingerprint density at radius 1 is 1.30 bits per heavy atom. The standard InChI is InChI=1S/C17H25FN2/c1-13(12-20-7-3-2-4-8-20)9-14-11-19-17-10-15(18)5-6-16(14)17/h5-6,10,13-14,19H,2-4,7-9,11-12H2,1H3. The fraction of sp³-hybridized carbons (Fsp3) is 0.647. The first kappa shape index (κ1) is 13.9. The predicted octanol–water partition coefficient (Wildman–Crippen LogP) is 3.85. The van der Waals surface area contributed by atoms with E-state index in [4.69, 9.17) is 0 Å². The highest BCUT2D eigenvalue weighted by Gasteiger charge is 2.25. The van der Waals surface area contributed by atoms with Crippen molar-refractivity contribution in [3.05, 3.63) is 29.6 Å². The number of hydrogen-bond acceptors (Lipinski definition) is 2. The topological polar surface area (TPSA) is 15.3 Å². The summed E-state index contributed by atoms with van der Waals surface area (Å²) in [5, 5.41) is 3.35. The molecule has 0 saturated carbocycles. The zero-order valence-electron chi connectivity index (χ0n) is 12.4. The summed E-state index contributed by atoms with van der Waals surface area (Å²) >= 11 is 0. The maximum Gasteiger partial charge on any atom is 0.125 e. The molecule has 0 bridgehead atoms. The Kier molecular flexibility index (Phi) is 4.25. The van der Waals surface area contributed by atoms with Crippen LogP contribution < -0.4 is 5.32 Å². The van der Waals surface area contributed by atoms with Gasteiger partial charge >= 0.3 is 0 Å². The molecule has 1 fully saturated rings. The first-order valence-corrected chi connectivity index (χ1v) is 7.98. The molecule has 0 aliphatic carbocycles. The number of halogens is 1. The van der Waals surface area contributed by atoms with Gasteiger partial charge in [-0.15, -0.1) is 0 Å². The van der Waals surface area contributed by atoms with E-state index in [0.717, 1.165) is 12.2 Å². The molecule has 0 spiro atoms. The molecule has 1 N–H and O–H groups in total. The van der Waals surface area contributed by atoms with Crippen LogP contribution in [-0.2, 0) is 0 Å². The number of anilines is 1. The van der Waals surface area contributed by atoms with Gasteiger partial charge in [0.2, 0.25) is 0 Å². The molecular formula is C17H25FN2. The van der Waals surface area contributed by atoms with Crippen molar-refractivity contribution >= 4 is 5.69 Å². The maximum atomic E-state index is 13.2. The third kappa shape index (κ3) is 3.14. The Balaban J connectivity index is 1.56. The van der Waals surface area contributed by atoms with Gasteiger partial charge in [0.1, 0.15) is 5.82 Å². The Morgan fingerprint density at radius 3 is 2.90 bits per heavy atom. The van der Waals surface area contributed by atoms with Crippen molar-refractivity contribution in [2.24, 2.45) is 5.92 Å². The van der Waals surface area contributed by atoms with Crippen molar-refractivity contribution in [1.29, 1.82) is 0 Å². The molecule has 0 amide bonds. The van der Waals surface area contributed by atoms with E-state index >= 15 is 0 Å². The van der Waals surface area contributed by atoms with Crippen molar-refractivity contribution in [3.8, 4) is 0 Å². The zero-order chi connectivity index (χ0) is 13.9. The number of nitrogens with zero attached hydrogens (tertiary/aromatic N) is 1. The van der Waals surface area contributed by atoms with Gasteiger partial charge in [-0.2, -0.15) is 0 Å². The minimum Gasteiger partial charge on any atom is -0.384 e. The molecule has 1 saturated heterocycles. The Labute approximate surface area is 121 Å². The molecule has 2 unspecified atom stereocenters. The van der Waals surface area contributed by atoms with Crippen LogP contribution in [0.4, 0.5) is 10.1 Å². The third-order valence-electron chi connectivity index (χ3n) is 4.70. The van der Waals surface area contributed by atoms with Crippen LogP contribution in [0.1, 0.15) is 44.1 Å². The first-order valence-electron chi connectivity index (χ1n) is 7.98. The number of nitrogens with one attached hydrogen (secondary N) is 1. The van der Waals surface area contributed by atoms with Crippen LogP contribution in [0.25, 0.3) is 0 Å². The van der Waals surface area contributed by atoms with E-state index in [1.807, 2.05) is 6.07 Å². The second-order valence-electron chi connectivity index (χ2n) is 6.51. The number of rotatable bonds is 4. The van der Waals surface area contributed by atoms with Gasteiger partial charge < -0.3 is 10.2 Å². The SMILES string of the molecule is CC(CC1CNc2cc(F)ccc21)CN1CCCCC1. The van der Waals surface area contributed by atoms with E-state index < -0.39 is 0 Å². The lowest BCUT2D eigenvalue weighted by atomic mass is 9.90. The number of fused-ring (bicyclic) bond motifs is 1. The second-order valence-corrected chi connectivity index (χ2v) is 6.51. The van der Waals surface area contributed by atoms with Crippen LogP contribution in [0.2, 0.25) is 0 Å². The molecule has 1 aromatic carbocycles. The average molecular weight is 276 g/mol. The van der Waals surface area contributed by atoms with Crippen molar-refractivity contribution in [3.63, 3.8) is 0 Å². The predicted molar refractivity (Wildman–Crippen MR) is 81.7 cm³/mol. The second kappa shape index (κ2) is 6.13. The highest BCUT2D eigenvalue weighted by atomic mass is 19.1. The fourth-order valence-electron chi connectivity index (χ4n) is 3.73. The van der Waals surface area contributed by atoms with Crippen molar-refractivity contribution in [1.82, 2.24) is 4.90 Å². The third-order valence-corrected chi connectivity index (χ3v) is 4.70. The highest BCUT2D eigenvalue weighted by molar-refractivity contribution is 5.57. The summed E-state index contributed by atoms with van der Waals surface area (Å²) in [5.41, 5.74) is 2.30. The normalized spacial score (nSPS) is 24.2. The lowest BCUT2D eigenvalue weighted by Gasteiger charge is -2.30. The van der Waals surface area contributed by atoms with Crippen LogP contribution in [0, 0.1) is 11.7 Å². The minimum absolute atomic E-state index is 0.140. The minimum atomic E-state index is -0.140. The molecule has 2 aliphatic rings. The Bertz CT molecular complexity index is 454. The first-order chi connectivity index (χ1) is 9.72. The van der Waals surface area contributed by atoms with E-state index in [9.17, 15) is 4.39 Å². The molecule has 2 heterocycles. The number of hydrogen-bond donors (Lipinski definition) is 1. The molecule has 3 heteroatoms. The van der Waals surface area contributed by atoms with Crippen LogP contribution in [0.5, 0.6) is 0 Å². The molecule has 20 heavy (non-hydrogen) atoms. The summed E-state index contributed by atoms with van der Waals surface area (Å²) in [4.78, 5) is 2.61. The molecule has 2 aliphatic heterocycles. The summed E-state index contributed by atoms with van der Waals surface area (Å²) in [5.74, 6) is 1.11. The summed E-state index contributed by atoms with van der Waals surface area (Å²) in [6, 6.07) is 5.18. The van der Waals surface area contributed by atoms with Crippen LogP contribution in [-0.4, -0.2) is 31.1 Å². The quantitative estimate of drug-likeness (QED) is 0.898. The van der Waals surface area contributed by atoms with Gasteiger partial charge in [-0.3, -0.25) is 0 Å². The van der Waals surface area contributed by atoms with Gasteiger partial charge in [0.25, 0.3) is 0 Å². The zero-order valence-corrected chi connectivity index (χ0v) is 12.4. The van der Waals surface area contributed by atoms with E-state index in [0.29, 0.717) is 11.8 Å². The molecule has 3 rings (SSSR count). The molecule has 2 nitrogen and oxygen atoms in total. The highest BCUT2D eigenvalue weighted by Crippen LogP contribution is 2.36. The van der Waals surface area contributed by atoms with Gasteiger partial charge in [-0.25, -0.2) is 4.39 Å². The number of benzene rings is 1. The van der Waals surface area contributed by atoms with Crippen molar-refractivity contribution < 1.29 is 4.39 Å². The van der Waals surface area contributed by atoms with Crippen LogP contribution in [0.3, 0.4) is 0 Å². The van der Waals surface area contributed by atoms with Gasteiger partial charge in [0.15, 0.2) is 0 Å². The van der Waals surface area contributed by atoms with E-state index in [1.54, 1.807) is 12.1 Å².